The summed E-state index contributed by atoms with van der Waals surface area (Å²) >= 11 is 0. The Balaban J connectivity index is 3.28. The minimum absolute atomic E-state index is 0.114. The van der Waals surface area contributed by atoms with E-state index in [0.29, 0.717) is 13.0 Å². The fourth-order valence-electron chi connectivity index (χ4n) is 6.24. The van der Waals surface area contributed by atoms with Crippen LogP contribution in [0.1, 0.15) is 232 Å². The van der Waals surface area contributed by atoms with Gasteiger partial charge >= 0.3 is 0 Å². The summed E-state index contributed by atoms with van der Waals surface area (Å²) in [6.45, 7) is 4.99. The maximum absolute atomic E-state index is 12.1. The molecule has 0 aromatic rings. The van der Waals surface area contributed by atoms with Gasteiger partial charge in [0.2, 0.25) is 5.91 Å². The van der Waals surface area contributed by atoms with Gasteiger partial charge in [-0.25, -0.2) is 0 Å². The van der Waals surface area contributed by atoms with Crippen LogP contribution in [0.4, 0.5) is 0 Å². The van der Waals surface area contributed by atoms with Gasteiger partial charge < -0.3 is 10.4 Å². The average Bonchev–Trinajstić information content (AvgIpc) is 3.03. The minimum Gasteiger partial charge on any atom is -0.391 e. The van der Waals surface area contributed by atoms with Crippen molar-refractivity contribution in [1.82, 2.24) is 5.32 Å². The van der Waals surface area contributed by atoms with E-state index in [-0.39, 0.29) is 12.0 Å². The number of unbranched alkanes of at least 4 members (excludes halogenated alkanes) is 29. The Morgan fingerprint density at radius 3 is 1.18 bits per heavy atom. The number of hydrogen-bond acceptors (Lipinski definition) is 2. The van der Waals surface area contributed by atoms with Crippen LogP contribution in [0.5, 0.6) is 0 Å². The first-order valence-corrected chi connectivity index (χ1v) is 20.3. The van der Waals surface area contributed by atoms with Crippen molar-refractivity contribution in [1.29, 1.82) is 0 Å². The SMILES string of the molecule is CCCCCCCCC=CCCCCCCCCCCCCCC(=O)NCC(O)CCCCCCCCCCCCCCC. The number of carbonyl (C=O) groups is 1. The maximum Gasteiger partial charge on any atom is 0.220 e. The van der Waals surface area contributed by atoms with E-state index in [1.165, 1.54) is 186 Å². The van der Waals surface area contributed by atoms with E-state index in [0.717, 1.165) is 25.7 Å². The second kappa shape index (κ2) is 38.4. The third kappa shape index (κ3) is 37.4. The first-order chi connectivity index (χ1) is 21.7. The Labute approximate surface area is 277 Å². The summed E-state index contributed by atoms with van der Waals surface area (Å²) in [5.41, 5.74) is 0. The fourth-order valence-corrected chi connectivity index (χ4v) is 6.24. The fraction of sp³-hybridized carbons (Fsp3) is 0.927. The van der Waals surface area contributed by atoms with Gasteiger partial charge in [0.1, 0.15) is 0 Å². The van der Waals surface area contributed by atoms with Crippen LogP contribution in [0.3, 0.4) is 0 Å². The van der Waals surface area contributed by atoms with E-state index in [1.807, 2.05) is 0 Å². The van der Waals surface area contributed by atoms with Crippen LogP contribution >= 0.6 is 0 Å². The van der Waals surface area contributed by atoms with Crippen molar-refractivity contribution in [2.75, 3.05) is 6.54 Å². The second-order valence-corrected chi connectivity index (χ2v) is 13.9. The van der Waals surface area contributed by atoms with Crippen LogP contribution in [0.15, 0.2) is 12.2 Å². The molecule has 0 aliphatic rings. The van der Waals surface area contributed by atoms with Crippen molar-refractivity contribution >= 4 is 5.91 Å². The zero-order valence-corrected chi connectivity index (χ0v) is 30.3. The molecule has 1 atom stereocenters. The minimum atomic E-state index is -0.386. The molecule has 0 aromatic heterocycles. The van der Waals surface area contributed by atoms with Gasteiger partial charge in [0, 0.05) is 13.0 Å². The molecule has 0 heterocycles. The molecule has 0 aliphatic heterocycles. The molecule has 0 fully saturated rings. The Bertz CT molecular complexity index is 575. The number of aliphatic hydroxyl groups excluding tert-OH is 1. The Morgan fingerprint density at radius 2 is 0.795 bits per heavy atom. The largest absolute Gasteiger partial charge is 0.391 e. The number of rotatable bonds is 37. The van der Waals surface area contributed by atoms with Crippen LogP contribution in [0, 0.1) is 0 Å². The summed E-state index contributed by atoms with van der Waals surface area (Å²) in [6.07, 6.45) is 48.6. The van der Waals surface area contributed by atoms with E-state index in [1.54, 1.807) is 0 Å². The molecule has 3 nitrogen and oxygen atoms in total. The third-order valence-electron chi connectivity index (χ3n) is 9.34. The van der Waals surface area contributed by atoms with Gasteiger partial charge in [-0.05, 0) is 38.5 Å². The molecule has 3 heteroatoms. The van der Waals surface area contributed by atoms with Crippen molar-refractivity contribution in [3.8, 4) is 0 Å². The summed E-state index contributed by atoms with van der Waals surface area (Å²) in [7, 11) is 0. The first-order valence-electron chi connectivity index (χ1n) is 20.3. The van der Waals surface area contributed by atoms with Crippen LogP contribution in [-0.2, 0) is 4.79 Å². The number of aliphatic hydroxyl groups is 1. The lowest BCUT2D eigenvalue weighted by molar-refractivity contribution is -0.121. The maximum atomic E-state index is 12.1. The molecular weight excluding hydrogens is 538 g/mol. The summed E-state index contributed by atoms with van der Waals surface area (Å²) in [5, 5.41) is 13.2. The van der Waals surface area contributed by atoms with Gasteiger partial charge in [-0.3, -0.25) is 4.79 Å². The highest BCUT2D eigenvalue weighted by Crippen LogP contribution is 2.15. The van der Waals surface area contributed by atoms with Gasteiger partial charge in [0.25, 0.3) is 0 Å². The van der Waals surface area contributed by atoms with Gasteiger partial charge in [0.15, 0.2) is 0 Å². The highest BCUT2D eigenvalue weighted by Gasteiger charge is 2.07. The molecule has 0 saturated carbocycles. The summed E-state index contributed by atoms with van der Waals surface area (Å²) < 4.78 is 0. The molecule has 0 aliphatic carbocycles. The van der Waals surface area contributed by atoms with Gasteiger partial charge in [-0.2, -0.15) is 0 Å². The van der Waals surface area contributed by atoms with Crippen molar-refractivity contribution in [2.45, 2.75) is 238 Å². The predicted molar refractivity (Wildman–Crippen MR) is 196 cm³/mol. The highest BCUT2D eigenvalue weighted by atomic mass is 16.3. The molecule has 44 heavy (non-hydrogen) atoms. The monoisotopic (exact) mass is 620 g/mol. The zero-order valence-electron chi connectivity index (χ0n) is 30.3. The number of carbonyl (C=O) groups excluding carboxylic acids is 1. The number of hydrogen-bond donors (Lipinski definition) is 2. The number of nitrogens with one attached hydrogen (secondary N) is 1. The van der Waals surface area contributed by atoms with E-state index < -0.39 is 0 Å². The highest BCUT2D eigenvalue weighted by molar-refractivity contribution is 5.75. The number of allylic oxidation sites excluding steroid dienone is 2. The lowest BCUT2D eigenvalue weighted by atomic mass is 10.0. The molecule has 0 aromatic carbocycles. The Hall–Kier alpha value is -0.830. The second-order valence-electron chi connectivity index (χ2n) is 13.9. The van der Waals surface area contributed by atoms with E-state index >= 15 is 0 Å². The average molecular weight is 620 g/mol. The summed E-state index contributed by atoms with van der Waals surface area (Å²) in [5.74, 6) is 0.114. The van der Waals surface area contributed by atoms with Crippen LogP contribution in [0.2, 0.25) is 0 Å². The molecule has 0 saturated heterocycles. The van der Waals surface area contributed by atoms with Crippen LogP contribution in [0.25, 0.3) is 0 Å². The van der Waals surface area contributed by atoms with Crippen molar-refractivity contribution < 1.29 is 9.90 Å². The van der Waals surface area contributed by atoms with E-state index in [4.69, 9.17) is 0 Å². The van der Waals surface area contributed by atoms with Crippen molar-refractivity contribution in [3.05, 3.63) is 12.2 Å². The normalized spacial score (nSPS) is 12.3. The van der Waals surface area contributed by atoms with Crippen LogP contribution < -0.4 is 5.32 Å². The molecule has 1 amide bonds. The molecule has 2 N–H and O–H groups in total. The topological polar surface area (TPSA) is 49.3 Å². The lowest BCUT2D eigenvalue weighted by Crippen LogP contribution is -2.31. The summed E-state index contributed by atoms with van der Waals surface area (Å²) in [6, 6.07) is 0. The molecular formula is C41H81NO2. The van der Waals surface area contributed by atoms with Crippen LogP contribution in [-0.4, -0.2) is 23.7 Å². The standard InChI is InChI=1S/C41H81NO2/c1-3-5-7-9-11-13-15-17-18-19-20-21-22-23-24-26-28-30-32-34-36-38-41(44)42-39-40(43)37-35-33-31-29-27-25-16-14-12-10-8-6-4-2/h17-18,40,43H,3-16,19-39H2,1-2H3,(H,42,44). The first kappa shape index (κ1) is 43.2. The number of amides is 1. The molecule has 1 unspecified atom stereocenters. The van der Waals surface area contributed by atoms with Crippen molar-refractivity contribution in [3.63, 3.8) is 0 Å². The molecule has 262 valence electrons. The Morgan fingerprint density at radius 1 is 0.477 bits per heavy atom. The summed E-state index contributed by atoms with van der Waals surface area (Å²) in [4.78, 5) is 12.1. The van der Waals surface area contributed by atoms with E-state index in [2.05, 4.69) is 31.3 Å². The molecule has 0 radical (unpaired) electrons. The zero-order chi connectivity index (χ0) is 32.0. The lowest BCUT2D eigenvalue weighted by Gasteiger charge is -2.12. The predicted octanol–water partition coefficient (Wildman–Crippen LogP) is 13.3. The quantitative estimate of drug-likeness (QED) is 0.0537. The Kier molecular flexibility index (Phi) is 37.6. The molecule has 0 bridgehead atoms. The van der Waals surface area contributed by atoms with Gasteiger partial charge in [-0.1, -0.05) is 199 Å². The third-order valence-corrected chi connectivity index (χ3v) is 9.34. The van der Waals surface area contributed by atoms with Gasteiger partial charge in [0.05, 0.1) is 6.10 Å². The molecule has 0 rings (SSSR count). The molecule has 0 spiro atoms. The van der Waals surface area contributed by atoms with Gasteiger partial charge in [-0.15, -0.1) is 0 Å². The van der Waals surface area contributed by atoms with Crippen molar-refractivity contribution in [2.24, 2.45) is 0 Å². The smallest absolute Gasteiger partial charge is 0.220 e. The van der Waals surface area contributed by atoms with E-state index in [9.17, 15) is 9.90 Å².